The number of sulfone groups is 1. The van der Waals surface area contributed by atoms with E-state index >= 15 is 0 Å². The maximum Gasteiger partial charge on any atom is 0.501 e. The Bertz CT molecular complexity index is 559. The molecule has 0 amide bonds. The Balaban J connectivity index is 3.01. The van der Waals surface area contributed by atoms with E-state index in [0.29, 0.717) is 5.69 Å². The van der Waals surface area contributed by atoms with E-state index in [9.17, 15) is 26.7 Å². The molecule has 0 bridgehead atoms. The summed E-state index contributed by atoms with van der Waals surface area (Å²) in [5.41, 5.74) is -5.79. The van der Waals surface area contributed by atoms with E-state index in [1.807, 2.05) is 0 Å². The predicted molar refractivity (Wildman–Crippen MR) is 69.3 cm³/mol. The van der Waals surface area contributed by atoms with Gasteiger partial charge in [-0.1, -0.05) is 0 Å². The molecule has 0 aliphatic rings. The van der Waals surface area contributed by atoms with E-state index in [2.05, 4.69) is 0 Å². The maximum absolute atomic E-state index is 12.4. The largest absolute Gasteiger partial charge is 0.501 e. The lowest BCUT2D eigenvalue weighted by Crippen LogP contribution is -2.36. The molecule has 0 aromatic heterocycles. The molecule has 0 saturated heterocycles. The Morgan fingerprint density at radius 2 is 1.60 bits per heavy atom. The molecule has 8 heteroatoms. The first kappa shape index (κ1) is 16.8. The number of alkyl halides is 3. The Morgan fingerprint density at radius 3 is 1.95 bits per heavy atom. The van der Waals surface area contributed by atoms with Crippen LogP contribution in [0.2, 0.25) is 0 Å². The van der Waals surface area contributed by atoms with Crippen LogP contribution in [0.4, 0.5) is 18.9 Å². The van der Waals surface area contributed by atoms with Crippen LogP contribution in [0.15, 0.2) is 29.2 Å². The van der Waals surface area contributed by atoms with E-state index < -0.39 is 25.8 Å². The van der Waals surface area contributed by atoms with Gasteiger partial charge >= 0.3 is 5.51 Å². The number of hydrogen-bond acceptors (Lipinski definition) is 4. The quantitative estimate of drug-likeness (QED) is 0.926. The van der Waals surface area contributed by atoms with Gasteiger partial charge in [0.2, 0.25) is 0 Å². The van der Waals surface area contributed by atoms with Crippen molar-refractivity contribution in [2.75, 3.05) is 18.5 Å². The molecular formula is C12H16F3NO3S. The third kappa shape index (κ3) is 3.86. The van der Waals surface area contributed by atoms with E-state index in [-0.39, 0.29) is 6.54 Å². The lowest BCUT2D eigenvalue weighted by molar-refractivity contribution is -0.0436. The van der Waals surface area contributed by atoms with Crippen LogP contribution >= 0.6 is 0 Å². The number of rotatable bonds is 4. The van der Waals surface area contributed by atoms with Crippen LogP contribution in [-0.4, -0.2) is 38.2 Å². The summed E-state index contributed by atoms with van der Waals surface area (Å²) in [6.45, 7) is 3.43. The van der Waals surface area contributed by atoms with Gasteiger partial charge in [-0.25, -0.2) is 8.42 Å². The van der Waals surface area contributed by atoms with Crippen molar-refractivity contribution in [2.24, 2.45) is 0 Å². The van der Waals surface area contributed by atoms with Gasteiger partial charge in [-0.15, -0.1) is 0 Å². The standard InChI is InChI=1S/C12H16F3NO3S/c1-11(2,17)8-16(3)9-4-6-10(7-5-9)20(18,19)12(13,14)15/h4-7,17H,8H2,1-3H3. The fourth-order valence-corrected chi connectivity index (χ4v) is 2.45. The van der Waals surface area contributed by atoms with Crippen LogP contribution in [-0.2, 0) is 9.84 Å². The van der Waals surface area contributed by atoms with Crippen LogP contribution in [0.3, 0.4) is 0 Å². The fourth-order valence-electron chi connectivity index (χ4n) is 1.69. The summed E-state index contributed by atoms with van der Waals surface area (Å²) in [4.78, 5) is 0.815. The van der Waals surface area contributed by atoms with Crippen LogP contribution < -0.4 is 4.90 Å². The minimum absolute atomic E-state index is 0.248. The molecule has 20 heavy (non-hydrogen) atoms. The van der Waals surface area contributed by atoms with Crippen LogP contribution in [0.25, 0.3) is 0 Å². The Labute approximate surface area is 115 Å². The highest BCUT2D eigenvalue weighted by Gasteiger charge is 2.46. The first-order valence-corrected chi connectivity index (χ1v) is 7.18. The number of benzene rings is 1. The predicted octanol–water partition coefficient (Wildman–Crippen LogP) is 2.19. The van der Waals surface area contributed by atoms with Gasteiger partial charge in [0.1, 0.15) is 0 Å². The van der Waals surface area contributed by atoms with Gasteiger partial charge < -0.3 is 10.0 Å². The highest BCUT2D eigenvalue weighted by Crippen LogP contribution is 2.31. The zero-order chi connectivity index (χ0) is 15.8. The summed E-state index contributed by atoms with van der Waals surface area (Å²) >= 11 is 0. The Kier molecular flexibility index (Phi) is 4.40. The molecule has 0 radical (unpaired) electrons. The third-order valence-corrected chi connectivity index (χ3v) is 4.02. The fraction of sp³-hybridized carbons (Fsp3) is 0.500. The molecule has 0 aliphatic heterocycles. The van der Waals surface area contributed by atoms with E-state index in [1.165, 1.54) is 12.1 Å². The summed E-state index contributed by atoms with van der Waals surface area (Å²) in [5.74, 6) is 0. The molecule has 0 fully saturated rings. The minimum Gasteiger partial charge on any atom is -0.389 e. The monoisotopic (exact) mass is 311 g/mol. The highest BCUT2D eigenvalue weighted by molar-refractivity contribution is 7.92. The summed E-state index contributed by atoms with van der Waals surface area (Å²) in [6.07, 6.45) is 0. The number of halogens is 3. The molecule has 1 aromatic carbocycles. The summed E-state index contributed by atoms with van der Waals surface area (Å²) in [6, 6.07) is 4.34. The molecule has 1 N–H and O–H groups in total. The van der Waals surface area contributed by atoms with Gasteiger partial charge in [-0.2, -0.15) is 13.2 Å². The highest BCUT2D eigenvalue weighted by atomic mass is 32.2. The van der Waals surface area contributed by atoms with Crippen molar-refractivity contribution < 1.29 is 26.7 Å². The summed E-state index contributed by atoms with van der Waals surface area (Å²) < 4.78 is 59.5. The van der Waals surface area contributed by atoms with E-state index in [4.69, 9.17) is 0 Å². The van der Waals surface area contributed by atoms with E-state index in [1.54, 1.807) is 25.8 Å². The topological polar surface area (TPSA) is 57.6 Å². The maximum atomic E-state index is 12.4. The molecule has 1 rings (SSSR count). The number of anilines is 1. The van der Waals surface area contributed by atoms with Gasteiger partial charge in [0, 0.05) is 19.3 Å². The number of aliphatic hydroxyl groups is 1. The van der Waals surface area contributed by atoms with Gasteiger partial charge in [-0.05, 0) is 38.1 Å². The molecule has 1 aromatic rings. The average Bonchev–Trinajstić information content (AvgIpc) is 2.25. The van der Waals surface area contributed by atoms with Gasteiger partial charge in [0.25, 0.3) is 9.84 Å². The van der Waals surface area contributed by atoms with Crippen molar-refractivity contribution in [3.05, 3.63) is 24.3 Å². The molecule has 0 saturated carbocycles. The van der Waals surface area contributed by atoms with Crippen molar-refractivity contribution in [3.8, 4) is 0 Å². The molecule has 114 valence electrons. The molecule has 0 heterocycles. The lowest BCUT2D eigenvalue weighted by atomic mass is 10.1. The zero-order valence-electron chi connectivity index (χ0n) is 11.3. The molecule has 0 spiro atoms. The Hall–Kier alpha value is -1.28. The van der Waals surface area contributed by atoms with Crippen LogP contribution in [0.1, 0.15) is 13.8 Å². The third-order valence-electron chi connectivity index (χ3n) is 2.52. The number of likely N-dealkylation sites (N-methyl/N-ethyl adjacent to an activating group) is 1. The van der Waals surface area contributed by atoms with Crippen molar-refractivity contribution in [2.45, 2.75) is 29.9 Å². The number of nitrogens with zero attached hydrogens (tertiary/aromatic N) is 1. The smallest absolute Gasteiger partial charge is 0.389 e. The summed E-state index contributed by atoms with van der Waals surface area (Å²) in [5, 5.41) is 9.65. The van der Waals surface area contributed by atoms with Gasteiger partial charge in [0.05, 0.1) is 10.5 Å². The molecular weight excluding hydrogens is 295 g/mol. The zero-order valence-corrected chi connectivity index (χ0v) is 12.1. The number of hydrogen-bond donors (Lipinski definition) is 1. The van der Waals surface area contributed by atoms with Crippen molar-refractivity contribution in [1.29, 1.82) is 0 Å². The van der Waals surface area contributed by atoms with Crippen molar-refractivity contribution in [3.63, 3.8) is 0 Å². The van der Waals surface area contributed by atoms with E-state index in [0.717, 1.165) is 12.1 Å². The van der Waals surface area contributed by atoms with Crippen molar-refractivity contribution >= 4 is 15.5 Å². The second kappa shape index (κ2) is 5.25. The molecule has 4 nitrogen and oxygen atoms in total. The lowest BCUT2D eigenvalue weighted by Gasteiger charge is -2.27. The second-order valence-electron chi connectivity index (χ2n) is 5.11. The van der Waals surface area contributed by atoms with Crippen LogP contribution in [0.5, 0.6) is 0 Å². The SMILES string of the molecule is CN(CC(C)(C)O)c1ccc(S(=O)(=O)C(F)(F)F)cc1. The first-order valence-electron chi connectivity index (χ1n) is 5.69. The van der Waals surface area contributed by atoms with Gasteiger partial charge in [0.15, 0.2) is 0 Å². The second-order valence-corrected chi connectivity index (χ2v) is 7.05. The summed E-state index contributed by atoms with van der Waals surface area (Å²) in [7, 11) is -3.68. The minimum atomic E-state index is -5.32. The molecule has 0 unspecified atom stereocenters. The van der Waals surface area contributed by atoms with Gasteiger partial charge in [-0.3, -0.25) is 0 Å². The normalized spacial score (nSPS) is 13.3. The first-order chi connectivity index (χ1) is 8.84. The van der Waals surface area contributed by atoms with Crippen LogP contribution in [0, 0.1) is 0 Å². The molecule has 0 atom stereocenters. The Morgan fingerprint density at radius 1 is 1.15 bits per heavy atom. The molecule has 0 aliphatic carbocycles. The van der Waals surface area contributed by atoms with Crippen molar-refractivity contribution in [1.82, 2.24) is 0 Å². The average molecular weight is 311 g/mol.